The highest BCUT2D eigenvalue weighted by Crippen LogP contribution is 2.50. The van der Waals surface area contributed by atoms with E-state index in [1.54, 1.807) is 18.2 Å². The van der Waals surface area contributed by atoms with E-state index in [9.17, 15) is 9.59 Å². The number of fused-ring (bicyclic) bond motifs is 5. The summed E-state index contributed by atoms with van der Waals surface area (Å²) in [6.07, 6.45) is 0.727. The molecule has 2 aliphatic rings. The van der Waals surface area contributed by atoms with Gasteiger partial charge in [-0.25, -0.2) is 4.79 Å². The molecule has 0 spiro atoms. The number of carbonyl (C=O) groups excluding carboxylic acids is 1. The smallest absolute Gasteiger partial charge is 0.360 e. The molecule has 0 unspecified atom stereocenters. The van der Waals surface area contributed by atoms with Crippen LogP contribution in [0.5, 0.6) is 5.75 Å². The molecule has 0 radical (unpaired) electrons. The van der Waals surface area contributed by atoms with E-state index < -0.39 is 0 Å². The third-order valence-electron chi connectivity index (χ3n) is 5.50. The van der Waals surface area contributed by atoms with Crippen LogP contribution in [0.1, 0.15) is 36.6 Å². The van der Waals surface area contributed by atoms with Gasteiger partial charge in [0.15, 0.2) is 0 Å². The van der Waals surface area contributed by atoms with Gasteiger partial charge in [-0.05, 0) is 30.2 Å². The Morgan fingerprint density at radius 2 is 1.93 bits per heavy atom. The third kappa shape index (κ3) is 2.68. The molecule has 2 aliphatic heterocycles. The van der Waals surface area contributed by atoms with Gasteiger partial charge < -0.3 is 19.2 Å². The molecule has 0 bridgehead atoms. The average molecular weight is 377 g/mol. The maximum absolute atomic E-state index is 12.7. The highest BCUT2D eigenvalue weighted by atomic mass is 16.5. The molecule has 1 aromatic heterocycles. The van der Waals surface area contributed by atoms with Gasteiger partial charge in [0.25, 0.3) is 0 Å². The summed E-state index contributed by atoms with van der Waals surface area (Å²) in [6.45, 7) is 2.02. The Labute approximate surface area is 161 Å². The van der Waals surface area contributed by atoms with E-state index in [0.717, 1.165) is 22.9 Å². The van der Waals surface area contributed by atoms with Crippen LogP contribution >= 0.6 is 0 Å². The number of esters is 1. The number of nitrogens with one attached hydrogen (secondary N) is 1. The van der Waals surface area contributed by atoms with Crippen LogP contribution in [-0.4, -0.2) is 12.6 Å². The molecular formula is C22H19NO5. The minimum Gasteiger partial charge on any atom is -0.427 e. The molecule has 0 amide bonds. The Morgan fingerprint density at radius 3 is 2.71 bits per heavy atom. The summed E-state index contributed by atoms with van der Waals surface area (Å²) in [4.78, 5) is 23.8. The number of hydrogen-bond acceptors (Lipinski definition) is 6. The molecule has 0 saturated carbocycles. The first kappa shape index (κ1) is 17.0. The standard InChI is InChI=1S/C22H19NO5/c1-12(24)27-14-8-6-13(7-9-14)19-16-10-11-26-21(16)18-15-4-2-3-5-17(15)28-22(25)20(18)23-19/h2-9,16,19,21,23H,10-11H2,1H3/t16-,19+,21-/m0/s1. The summed E-state index contributed by atoms with van der Waals surface area (Å²) >= 11 is 0. The number of carbonyl (C=O) groups is 1. The lowest BCUT2D eigenvalue weighted by Gasteiger charge is -2.36. The van der Waals surface area contributed by atoms with E-state index in [2.05, 4.69) is 5.32 Å². The highest BCUT2D eigenvalue weighted by Gasteiger charge is 2.43. The van der Waals surface area contributed by atoms with Gasteiger partial charge in [-0.1, -0.05) is 30.3 Å². The molecule has 6 heteroatoms. The second kappa shape index (κ2) is 6.49. The topological polar surface area (TPSA) is 77.8 Å². The summed E-state index contributed by atoms with van der Waals surface area (Å²) in [5.41, 5.74) is 2.56. The van der Waals surface area contributed by atoms with Crippen molar-refractivity contribution in [2.75, 3.05) is 11.9 Å². The first-order chi connectivity index (χ1) is 13.6. The Kier molecular flexibility index (Phi) is 3.94. The maximum Gasteiger partial charge on any atom is 0.360 e. The first-order valence-electron chi connectivity index (χ1n) is 9.34. The Balaban J connectivity index is 1.60. The monoisotopic (exact) mass is 377 g/mol. The zero-order valence-corrected chi connectivity index (χ0v) is 15.3. The van der Waals surface area contributed by atoms with Crippen LogP contribution in [0.2, 0.25) is 0 Å². The number of benzene rings is 2. The van der Waals surface area contributed by atoms with Crippen molar-refractivity contribution in [3.8, 4) is 5.75 Å². The lowest BCUT2D eigenvalue weighted by Crippen LogP contribution is -2.32. The fourth-order valence-electron chi connectivity index (χ4n) is 4.35. The largest absolute Gasteiger partial charge is 0.427 e. The molecular weight excluding hydrogens is 358 g/mol. The van der Waals surface area contributed by atoms with Crippen LogP contribution in [0, 0.1) is 5.92 Å². The van der Waals surface area contributed by atoms with E-state index in [1.165, 1.54) is 6.92 Å². The van der Waals surface area contributed by atoms with E-state index in [1.807, 2.05) is 30.3 Å². The molecule has 1 fully saturated rings. The van der Waals surface area contributed by atoms with Crippen LogP contribution in [0.3, 0.4) is 0 Å². The number of anilines is 1. The van der Waals surface area contributed by atoms with Gasteiger partial charge >= 0.3 is 11.6 Å². The lowest BCUT2D eigenvalue weighted by atomic mass is 9.80. The number of rotatable bonds is 2. The van der Waals surface area contributed by atoms with Gasteiger partial charge in [-0.2, -0.15) is 0 Å². The van der Waals surface area contributed by atoms with Crippen molar-refractivity contribution >= 4 is 22.6 Å². The molecule has 142 valence electrons. The molecule has 3 heterocycles. The molecule has 28 heavy (non-hydrogen) atoms. The normalized spacial score (nSPS) is 23.0. The summed E-state index contributed by atoms with van der Waals surface area (Å²) in [6, 6.07) is 14.8. The molecule has 3 aromatic rings. The fraction of sp³-hybridized carbons (Fsp3) is 0.273. The van der Waals surface area contributed by atoms with Crippen molar-refractivity contribution in [2.24, 2.45) is 5.92 Å². The predicted molar refractivity (Wildman–Crippen MR) is 103 cm³/mol. The van der Waals surface area contributed by atoms with Gasteiger partial charge in [-0.3, -0.25) is 4.79 Å². The summed E-state index contributed by atoms with van der Waals surface area (Å²) in [7, 11) is 0. The summed E-state index contributed by atoms with van der Waals surface area (Å²) in [5.74, 6) is 0.334. The SMILES string of the molecule is CC(=O)Oc1ccc([C@H]2Nc3c(c4ccccc4oc3=O)[C@H]3OCC[C@@H]23)cc1. The highest BCUT2D eigenvalue weighted by molar-refractivity contribution is 5.86. The van der Waals surface area contributed by atoms with Crippen LogP contribution in [0.4, 0.5) is 5.69 Å². The maximum atomic E-state index is 12.7. The lowest BCUT2D eigenvalue weighted by molar-refractivity contribution is -0.131. The second-order valence-electron chi connectivity index (χ2n) is 7.20. The van der Waals surface area contributed by atoms with Gasteiger partial charge in [0, 0.05) is 30.4 Å². The molecule has 1 N–H and O–H groups in total. The first-order valence-corrected chi connectivity index (χ1v) is 9.34. The van der Waals surface area contributed by atoms with Crippen LogP contribution < -0.4 is 15.7 Å². The van der Waals surface area contributed by atoms with Crippen molar-refractivity contribution in [2.45, 2.75) is 25.5 Å². The van der Waals surface area contributed by atoms with E-state index in [0.29, 0.717) is 23.6 Å². The van der Waals surface area contributed by atoms with Gasteiger partial charge in [0.1, 0.15) is 17.0 Å². The summed E-state index contributed by atoms with van der Waals surface area (Å²) < 4.78 is 16.7. The molecule has 2 aromatic carbocycles. The average Bonchev–Trinajstić information content (AvgIpc) is 3.17. The van der Waals surface area contributed by atoms with Crippen LogP contribution in [0.25, 0.3) is 11.0 Å². The molecule has 0 aliphatic carbocycles. The van der Waals surface area contributed by atoms with E-state index in [4.69, 9.17) is 13.9 Å². The van der Waals surface area contributed by atoms with Gasteiger partial charge in [0.2, 0.25) is 0 Å². The molecule has 6 nitrogen and oxygen atoms in total. The Morgan fingerprint density at radius 1 is 1.14 bits per heavy atom. The third-order valence-corrected chi connectivity index (χ3v) is 5.50. The second-order valence-corrected chi connectivity index (χ2v) is 7.20. The van der Waals surface area contributed by atoms with Gasteiger partial charge in [-0.15, -0.1) is 0 Å². The predicted octanol–water partition coefficient (Wildman–Crippen LogP) is 3.96. The minimum absolute atomic E-state index is 0.0876. The minimum atomic E-state index is -0.385. The van der Waals surface area contributed by atoms with E-state index in [-0.39, 0.29) is 29.7 Å². The number of para-hydroxylation sites is 1. The molecule has 3 atom stereocenters. The summed E-state index contributed by atoms with van der Waals surface area (Å²) in [5, 5.41) is 4.32. The van der Waals surface area contributed by atoms with Gasteiger partial charge in [0.05, 0.1) is 12.1 Å². The fourth-order valence-corrected chi connectivity index (χ4v) is 4.35. The van der Waals surface area contributed by atoms with Crippen LogP contribution in [0.15, 0.2) is 57.7 Å². The van der Waals surface area contributed by atoms with Crippen molar-refractivity contribution in [3.63, 3.8) is 0 Å². The van der Waals surface area contributed by atoms with Crippen molar-refractivity contribution < 1.29 is 18.7 Å². The zero-order chi connectivity index (χ0) is 19.3. The van der Waals surface area contributed by atoms with Crippen molar-refractivity contribution in [1.29, 1.82) is 0 Å². The Bertz CT molecular complexity index is 1120. The quantitative estimate of drug-likeness (QED) is 0.414. The van der Waals surface area contributed by atoms with Crippen LogP contribution in [-0.2, 0) is 9.53 Å². The molecule has 1 saturated heterocycles. The Hall–Kier alpha value is -3.12. The zero-order valence-electron chi connectivity index (χ0n) is 15.3. The number of ether oxygens (including phenoxy) is 2. The van der Waals surface area contributed by atoms with E-state index >= 15 is 0 Å². The van der Waals surface area contributed by atoms with Crippen molar-refractivity contribution in [1.82, 2.24) is 0 Å². The van der Waals surface area contributed by atoms with Crippen molar-refractivity contribution in [3.05, 3.63) is 70.1 Å². The molecule has 5 rings (SSSR count). The number of hydrogen-bond donors (Lipinski definition) is 1.